The lowest BCUT2D eigenvalue weighted by molar-refractivity contribution is 0.0714. The maximum Gasteiger partial charge on any atom is 0.291 e. The Kier molecular flexibility index (Phi) is 4.43. The summed E-state index contributed by atoms with van der Waals surface area (Å²) >= 11 is 0. The van der Waals surface area contributed by atoms with Crippen molar-refractivity contribution in [3.05, 3.63) is 111 Å². The molecule has 0 N–H and O–H groups in total. The first-order valence-corrected chi connectivity index (χ1v) is 9.97. The monoisotopic (exact) mass is 414 g/mol. The van der Waals surface area contributed by atoms with Gasteiger partial charge in [0.25, 0.3) is 5.91 Å². The zero-order chi connectivity index (χ0) is 21.7. The highest BCUT2D eigenvalue weighted by atomic mass is 19.1. The summed E-state index contributed by atoms with van der Waals surface area (Å²) in [5, 5.41) is 0.465. The maximum absolute atomic E-state index is 13.6. The van der Waals surface area contributed by atoms with Crippen LogP contribution in [0.15, 0.2) is 70.1 Å². The molecule has 1 amide bonds. The number of hydrogen-bond donors (Lipinski definition) is 0. The van der Waals surface area contributed by atoms with Crippen LogP contribution in [-0.2, 0) is 6.54 Å². The normalized spacial score (nSPS) is 15.5. The number of aromatic nitrogens is 1. The molecular formula is C25H19FN2O3. The Hall–Kier alpha value is -3.80. The zero-order valence-electron chi connectivity index (χ0n) is 17.1. The van der Waals surface area contributed by atoms with Crippen LogP contribution in [0.25, 0.3) is 11.0 Å². The number of aryl methyl sites for hydroxylation is 2. The van der Waals surface area contributed by atoms with E-state index in [1.54, 1.807) is 41.6 Å². The standard InChI is InChI=1S/C25H19FN2O3/c1-14-10-15(2)20-19(11-14)31-24-21(23(20)29)22(17-5-7-18(26)8-6-17)28(25(24)30)13-16-4-3-9-27-12-16/h3-12,22H,13H2,1-2H3. The summed E-state index contributed by atoms with van der Waals surface area (Å²) in [4.78, 5) is 32.7. The second kappa shape index (κ2) is 7.16. The minimum absolute atomic E-state index is 0.0423. The van der Waals surface area contributed by atoms with E-state index in [4.69, 9.17) is 4.42 Å². The number of pyridine rings is 1. The molecule has 0 bridgehead atoms. The van der Waals surface area contributed by atoms with Gasteiger partial charge >= 0.3 is 0 Å². The van der Waals surface area contributed by atoms with Gasteiger partial charge in [-0.05, 0) is 60.4 Å². The van der Waals surface area contributed by atoms with E-state index in [2.05, 4.69) is 4.98 Å². The van der Waals surface area contributed by atoms with Gasteiger partial charge in [-0.2, -0.15) is 0 Å². The number of carbonyl (C=O) groups is 1. The maximum atomic E-state index is 13.6. The van der Waals surface area contributed by atoms with Crippen molar-refractivity contribution in [1.29, 1.82) is 0 Å². The van der Waals surface area contributed by atoms with Gasteiger partial charge in [0.05, 0.1) is 17.0 Å². The SMILES string of the molecule is Cc1cc(C)c2c(=O)c3c(oc2c1)C(=O)N(Cc1cccnc1)C3c1ccc(F)cc1. The Morgan fingerprint density at radius 1 is 1.10 bits per heavy atom. The van der Waals surface area contributed by atoms with Crippen molar-refractivity contribution < 1.29 is 13.6 Å². The third kappa shape index (κ3) is 3.11. The number of hydrogen-bond acceptors (Lipinski definition) is 4. The molecule has 5 rings (SSSR count). The van der Waals surface area contributed by atoms with Crippen molar-refractivity contribution in [1.82, 2.24) is 9.88 Å². The Morgan fingerprint density at radius 3 is 2.58 bits per heavy atom. The molecule has 1 atom stereocenters. The molecule has 0 saturated heterocycles. The van der Waals surface area contributed by atoms with Gasteiger partial charge in [-0.25, -0.2) is 4.39 Å². The van der Waals surface area contributed by atoms with E-state index in [1.165, 1.54) is 12.1 Å². The van der Waals surface area contributed by atoms with Crippen LogP contribution in [0.2, 0.25) is 0 Å². The number of carbonyl (C=O) groups excluding carboxylic acids is 1. The molecule has 1 aliphatic heterocycles. The Bertz CT molecular complexity index is 1380. The Morgan fingerprint density at radius 2 is 1.87 bits per heavy atom. The van der Waals surface area contributed by atoms with E-state index < -0.39 is 6.04 Å². The summed E-state index contributed by atoms with van der Waals surface area (Å²) in [5.74, 6) is -0.712. The molecule has 1 unspecified atom stereocenters. The van der Waals surface area contributed by atoms with Crippen LogP contribution < -0.4 is 5.43 Å². The third-order valence-electron chi connectivity index (χ3n) is 5.67. The van der Waals surface area contributed by atoms with Gasteiger partial charge in [-0.1, -0.05) is 24.3 Å². The third-order valence-corrected chi connectivity index (χ3v) is 5.67. The van der Waals surface area contributed by atoms with Crippen molar-refractivity contribution in [3.8, 4) is 0 Å². The highest BCUT2D eigenvalue weighted by Crippen LogP contribution is 2.39. The van der Waals surface area contributed by atoms with Crippen LogP contribution in [0.3, 0.4) is 0 Å². The summed E-state index contributed by atoms with van der Waals surface area (Å²) in [7, 11) is 0. The van der Waals surface area contributed by atoms with Gasteiger partial charge in [0.15, 0.2) is 5.43 Å². The number of benzene rings is 2. The van der Waals surface area contributed by atoms with Gasteiger partial charge in [-0.3, -0.25) is 14.6 Å². The lowest BCUT2D eigenvalue weighted by atomic mass is 9.96. The topological polar surface area (TPSA) is 63.4 Å². The fraction of sp³-hybridized carbons (Fsp3) is 0.160. The number of amides is 1. The van der Waals surface area contributed by atoms with E-state index in [9.17, 15) is 14.0 Å². The summed E-state index contributed by atoms with van der Waals surface area (Å²) in [5.41, 5.74) is 3.66. The molecule has 5 nitrogen and oxygen atoms in total. The molecule has 0 fully saturated rings. The van der Waals surface area contributed by atoms with Crippen molar-refractivity contribution in [2.75, 3.05) is 0 Å². The molecule has 6 heteroatoms. The fourth-order valence-electron chi connectivity index (χ4n) is 4.36. The van der Waals surface area contributed by atoms with Crippen LogP contribution in [0.5, 0.6) is 0 Å². The van der Waals surface area contributed by atoms with E-state index in [-0.39, 0.29) is 29.5 Å². The van der Waals surface area contributed by atoms with Gasteiger partial charge in [-0.15, -0.1) is 0 Å². The quantitative estimate of drug-likeness (QED) is 0.488. The first-order valence-electron chi connectivity index (χ1n) is 9.97. The summed E-state index contributed by atoms with van der Waals surface area (Å²) in [6.07, 6.45) is 3.33. The minimum Gasteiger partial charge on any atom is -0.450 e. The first-order chi connectivity index (χ1) is 14.9. The summed E-state index contributed by atoms with van der Waals surface area (Å²) < 4.78 is 19.6. The van der Waals surface area contributed by atoms with Crippen molar-refractivity contribution in [2.24, 2.45) is 0 Å². The molecular weight excluding hydrogens is 395 g/mol. The van der Waals surface area contributed by atoms with Crippen molar-refractivity contribution >= 4 is 16.9 Å². The molecule has 2 aromatic carbocycles. The van der Waals surface area contributed by atoms with Crippen LogP contribution in [0.4, 0.5) is 4.39 Å². The molecule has 154 valence electrons. The molecule has 0 radical (unpaired) electrons. The number of rotatable bonds is 3. The zero-order valence-corrected chi connectivity index (χ0v) is 17.1. The molecule has 2 aromatic heterocycles. The smallest absolute Gasteiger partial charge is 0.291 e. The summed E-state index contributed by atoms with van der Waals surface area (Å²) in [6, 6.07) is 12.5. The number of nitrogens with zero attached hydrogens (tertiary/aromatic N) is 2. The molecule has 0 aliphatic carbocycles. The molecule has 1 aliphatic rings. The van der Waals surface area contributed by atoms with Crippen LogP contribution in [-0.4, -0.2) is 15.8 Å². The number of fused-ring (bicyclic) bond motifs is 2. The average Bonchev–Trinajstić information content (AvgIpc) is 3.01. The number of halogens is 1. The fourth-order valence-corrected chi connectivity index (χ4v) is 4.36. The minimum atomic E-state index is -0.676. The lowest BCUT2D eigenvalue weighted by Crippen LogP contribution is -2.29. The van der Waals surface area contributed by atoms with Gasteiger partial charge in [0, 0.05) is 18.9 Å². The second-order valence-electron chi connectivity index (χ2n) is 7.88. The van der Waals surface area contributed by atoms with Crippen molar-refractivity contribution in [2.45, 2.75) is 26.4 Å². The predicted molar refractivity (Wildman–Crippen MR) is 114 cm³/mol. The largest absolute Gasteiger partial charge is 0.450 e. The van der Waals surface area contributed by atoms with E-state index >= 15 is 0 Å². The van der Waals surface area contributed by atoms with Gasteiger partial charge < -0.3 is 9.32 Å². The summed E-state index contributed by atoms with van der Waals surface area (Å²) in [6.45, 7) is 4.01. The van der Waals surface area contributed by atoms with Crippen molar-refractivity contribution in [3.63, 3.8) is 0 Å². The average molecular weight is 414 g/mol. The van der Waals surface area contributed by atoms with E-state index in [0.717, 1.165) is 16.7 Å². The van der Waals surface area contributed by atoms with Gasteiger partial charge in [0.2, 0.25) is 5.76 Å². The van der Waals surface area contributed by atoms with E-state index in [0.29, 0.717) is 22.1 Å². The highest BCUT2D eigenvalue weighted by molar-refractivity contribution is 5.99. The molecule has 4 aromatic rings. The molecule has 31 heavy (non-hydrogen) atoms. The Labute approximate surface area is 177 Å². The molecule has 0 spiro atoms. The molecule has 0 saturated carbocycles. The Balaban J connectivity index is 1.76. The van der Waals surface area contributed by atoms with Gasteiger partial charge in [0.1, 0.15) is 11.4 Å². The van der Waals surface area contributed by atoms with Crippen LogP contribution >= 0.6 is 0 Å². The van der Waals surface area contributed by atoms with E-state index in [1.807, 2.05) is 26.0 Å². The lowest BCUT2D eigenvalue weighted by Gasteiger charge is -2.25. The van der Waals surface area contributed by atoms with Crippen LogP contribution in [0.1, 0.15) is 44.4 Å². The molecule has 3 heterocycles. The highest BCUT2D eigenvalue weighted by Gasteiger charge is 2.42. The first kappa shape index (κ1) is 19.2. The second-order valence-corrected chi connectivity index (χ2v) is 7.88. The van der Waals surface area contributed by atoms with Crippen LogP contribution in [0, 0.1) is 19.7 Å². The predicted octanol–water partition coefficient (Wildman–Crippen LogP) is 4.69.